The predicted octanol–water partition coefficient (Wildman–Crippen LogP) is 0.607. The third-order valence-electron chi connectivity index (χ3n) is 3.71. The molecule has 0 aromatic rings. The second-order valence-electron chi connectivity index (χ2n) is 3.87. The lowest BCUT2D eigenvalue weighted by molar-refractivity contribution is -0.149. The molecule has 0 aromatic heterocycles. The van der Waals surface area contributed by atoms with E-state index in [9.17, 15) is 5.11 Å². The molecule has 1 aliphatic heterocycles. The molecule has 5 atom stereocenters. The Hall–Kier alpha value is -0.0800. The summed E-state index contributed by atoms with van der Waals surface area (Å²) in [5.41, 5.74) is 0. The van der Waals surface area contributed by atoms with Gasteiger partial charge in [-0.25, -0.2) is 0 Å². The van der Waals surface area contributed by atoms with Crippen molar-refractivity contribution in [1.29, 1.82) is 0 Å². The molecule has 3 rings (SSSR count). The molecular weight excluding hydrogens is 128 g/mol. The first-order valence-electron chi connectivity index (χ1n) is 4.17. The Morgan fingerprint density at radius 3 is 2.50 bits per heavy atom. The second kappa shape index (κ2) is 1.56. The van der Waals surface area contributed by atoms with Gasteiger partial charge in [0, 0.05) is 5.92 Å². The average molecular weight is 140 g/mol. The molecule has 1 saturated heterocycles. The van der Waals surface area contributed by atoms with Crippen LogP contribution in [0.15, 0.2) is 0 Å². The van der Waals surface area contributed by atoms with Gasteiger partial charge in [0.25, 0.3) is 0 Å². The second-order valence-corrected chi connectivity index (χ2v) is 3.87. The average Bonchev–Trinajstić information content (AvgIpc) is 2.14. The van der Waals surface area contributed by atoms with Gasteiger partial charge in [-0.05, 0) is 30.6 Å². The van der Waals surface area contributed by atoms with Gasteiger partial charge in [0.05, 0.1) is 6.61 Å². The normalized spacial score (nSPS) is 63.9. The predicted molar refractivity (Wildman–Crippen MR) is 35.2 cm³/mol. The molecule has 5 unspecified atom stereocenters. The van der Waals surface area contributed by atoms with Crippen LogP contribution in [0.25, 0.3) is 0 Å². The maximum absolute atomic E-state index is 9.32. The van der Waals surface area contributed by atoms with E-state index in [1.165, 1.54) is 12.8 Å². The highest BCUT2D eigenvalue weighted by Crippen LogP contribution is 2.61. The minimum atomic E-state index is -0.411. The minimum Gasteiger partial charge on any atom is -0.368 e. The van der Waals surface area contributed by atoms with E-state index >= 15 is 0 Å². The van der Waals surface area contributed by atoms with Crippen molar-refractivity contribution in [2.75, 3.05) is 6.61 Å². The fourth-order valence-corrected chi connectivity index (χ4v) is 3.00. The summed E-state index contributed by atoms with van der Waals surface area (Å²) in [6, 6.07) is 0. The quantitative estimate of drug-likeness (QED) is 0.534. The first kappa shape index (κ1) is 5.56. The molecule has 56 valence electrons. The SMILES string of the molecule is OC1OCC2C3CCC3C12. The monoisotopic (exact) mass is 140 g/mol. The van der Waals surface area contributed by atoms with E-state index in [0.29, 0.717) is 5.92 Å². The molecule has 2 aliphatic carbocycles. The molecule has 10 heavy (non-hydrogen) atoms. The van der Waals surface area contributed by atoms with Crippen molar-refractivity contribution >= 4 is 0 Å². The summed E-state index contributed by atoms with van der Waals surface area (Å²) in [5.74, 6) is 3.03. The van der Waals surface area contributed by atoms with Crippen molar-refractivity contribution in [2.45, 2.75) is 19.1 Å². The summed E-state index contributed by atoms with van der Waals surface area (Å²) in [5, 5.41) is 9.32. The summed E-state index contributed by atoms with van der Waals surface area (Å²) in [4.78, 5) is 0. The number of hydrogen-bond acceptors (Lipinski definition) is 2. The van der Waals surface area contributed by atoms with Crippen molar-refractivity contribution in [3.05, 3.63) is 0 Å². The lowest BCUT2D eigenvalue weighted by Gasteiger charge is -2.56. The Balaban J connectivity index is 1.84. The maximum atomic E-state index is 9.32. The highest BCUT2D eigenvalue weighted by Gasteiger charge is 2.60. The van der Waals surface area contributed by atoms with Crippen LogP contribution in [0.3, 0.4) is 0 Å². The van der Waals surface area contributed by atoms with E-state index in [1.807, 2.05) is 0 Å². The van der Waals surface area contributed by atoms with Crippen LogP contribution < -0.4 is 0 Å². The Morgan fingerprint density at radius 2 is 1.90 bits per heavy atom. The fraction of sp³-hybridized carbons (Fsp3) is 1.00. The molecule has 0 radical (unpaired) electrons. The summed E-state index contributed by atoms with van der Waals surface area (Å²) in [6.07, 6.45) is 2.32. The molecule has 2 nitrogen and oxygen atoms in total. The number of aliphatic hydroxyl groups excluding tert-OH is 1. The Labute approximate surface area is 60.2 Å². The molecule has 0 spiro atoms. The van der Waals surface area contributed by atoms with Crippen LogP contribution in [-0.2, 0) is 4.74 Å². The Morgan fingerprint density at radius 1 is 1.10 bits per heavy atom. The highest BCUT2D eigenvalue weighted by atomic mass is 16.6. The van der Waals surface area contributed by atoms with Gasteiger partial charge in [-0.2, -0.15) is 0 Å². The summed E-state index contributed by atoms with van der Waals surface area (Å²) < 4.78 is 5.18. The molecular formula is C8H12O2. The molecule has 1 N–H and O–H groups in total. The topological polar surface area (TPSA) is 29.5 Å². The van der Waals surface area contributed by atoms with Gasteiger partial charge in [-0.3, -0.25) is 0 Å². The first-order valence-corrected chi connectivity index (χ1v) is 4.17. The van der Waals surface area contributed by atoms with Crippen LogP contribution in [-0.4, -0.2) is 18.0 Å². The van der Waals surface area contributed by atoms with Crippen LogP contribution in [0.5, 0.6) is 0 Å². The number of ether oxygens (including phenoxy) is 1. The van der Waals surface area contributed by atoms with Gasteiger partial charge in [-0.15, -0.1) is 0 Å². The number of rotatable bonds is 0. The molecule has 3 fully saturated rings. The zero-order valence-electron chi connectivity index (χ0n) is 5.86. The third kappa shape index (κ3) is 0.424. The van der Waals surface area contributed by atoms with Gasteiger partial charge in [-0.1, -0.05) is 0 Å². The minimum absolute atomic E-state index is 0.411. The zero-order chi connectivity index (χ0) is 6.72. The van der Waals surface area contributed by atoms with Gasteiger partial charge in [0.2, 0.25) is 0 Å². The van der Waals surface area contributed by atoms with E-state index < -0.39 is 6.29 Å². The fourth-order valence-electron chi connectivity index (χ4n) is 3.00. The molecule has 2 saturated carbocycles. The van der Waals surface area contributed by atoms with Gasteiger partial charge >= 0.3 is 0 Å². The van der Waals surface area contributed by atoms with Crippen LogP contribution in [0.1, 0.15) is 12.8 Å². The first-order chi connectivity index (χ1) is 4.88. The van der Waals surface area contributed by atoms with Gasteiger partial charge in [0.1, 0.15) is 0 Å². The number of aliphatic hydroxyl groups is 1. The number of fused-ring (bicyclic) bond motifs is 4. The largest absolute Gasteiger partial charge is 0.368 e. The van der Waals surface area contributed by atoms with Crippen molar-refractivity contribution in [1.82, 2.24) is 0 Å². The molecule has 0 aromatic carbocycles. The van der Waals surface area contributed by atoms with E-state index in [1.54, 1.807) is 0 Å². The van der Waals surface area contributed by atoms with Crippen molar-refractivity contribution in [2.24, 2.45) is 23.7 Å². The van der Waals surface area contributed by atoms with Crippen LogP contribution in [0.4, 0.5) is 0 Å². The molecule has 0 bridgehead atoms. The summed E-state index contributed by atoms with van der Waals surface area (Å²) >= 11 is 0. The smallest absolute Gasteiger partial charge is 0.157 e. The van der Waals surface area contributed by atoms with E-state index in [0.717, 1.165) is 24.4 Å². The van der Waals surface area contributed by atoms with Crippen LogP contribution in [0.2, 0.25) is 0 Å². The summed E-state index contributed by atoms with van der Waals surface area (Å²) in [7, 11) is 0. The Bertz CT molecular complexity index is 169. The highest BCUT2D eigenvalue weighted by molar-refractivity contribution is 5.06. The van der Waals surface area contributed by atoms with Crippen molar-refractivity contribution in [3.8, 4) is 0 Å². The molecule has 2 heteroatoms. The molecule has 3 aliphatic rings. The standard InChI is InChI=1S/C8H12O2/c9-8-7-5-2-1-4(5)6(7)3-10-8/h4-9H,1-3H2. The number of hydrogen-bond donors (Lipinski definition) is 1. The van der Waals surface area contributed by atoms with Crippen molar-refractivity contribution < 1.29 is 9.84 Å². The lowest BCUT2D eigenvalue weighted by atomic mass is 9.48. The van der Waals surface area contributed by atoms with Gasteiger partial charge < -0.3 is 9.84 Å². The van der Waals surface area contributed by atoms with Crippen LogP contribution >= 0.6 is 0 Å². The Kier molecular flexibility index (Phi) is 0.868. The van der Waals surface area contributed by atoms with Gasteiger partial charge in [0.15, 0.2) is 6.29 Å². The van der Waals surface area contributed by atoms with E-state index in [4.69, 9.17) is 4.74 Å². The third-order valence-corrected chi connectivity index (χ3v) is 3.71. The lowest BCUT2D eigenvalue weighted by Crippen LogP contribution is -2.54. The molecule has 1 heterocycles. The summed E-state index contributed by atoms with van der Waals surface area (Å²) in [6.45, 7) is 0.826. The van der Waals surface area contributed by atoms with E-state index in [2.05, 4.69) is 0 Å². The van der Waals surface area contributed by atoms with Crippen molar-refractivity contribution in [3.63, 3.8) is 0 Å². The zero-order valence-corrected chi connectivity index (χ0v) is 5.86. The van der Waals surface area contributed by atoms with E-state index in [-0.39, 0.29) is 0 Å². The molecule has 0 amide bonds. The van der Waals surface area contributed by atoms with Crippen LogP contribution in [0, 0.1) is 23.7 Å². The maximum Gasteiger partial charge on any atom is 0.157 e.